The van der Waals surface area contributed by atoms with E-state index in [-0.39, 0.29) is 23.8 Å². The van der Waals surface area contributed by atoms with Gasteiger partial charge in [0.1, 0.15) is 6.17 Å². The number of likely N-dealkylation sites (N-methyl/N-ethyl adjacent to an activating group) is 1. The van der Waals surface area contributed by atoms with Crippen LogP contribution in [0.3, 0.4) is 0 Å². The number of carbonyl (C=O) groups excluding carboxylic acids is 1. The van der Waals surface area contributed by atoms with Gasteiger partial charge >= 0.3 is 0 Å². The average molecular weight is 263 g/mol. The summed E-state index contributed by atoms with van der Waals surface area (Å²) < 4.78 is 0. The fourth-order valence-corrected chi connectivity index (χ4v) is 2.38. The molecule has 0 radical (unpaired) electrons. The van der Waals surface area contributed by atoms with Gasteiger partial charge in [-0.15, -0.1) is 0 Å². The second-order valence-corrected chi connectivity index (χ2v) is 4.72. The quantitative estimate of drug-likeness (QED) is 0.665. The second kappa shape index (κ2) is 4.97. The smallest absolute Gasteiger partial charge is 0.272 e. The molecule has 0 aromatic heterocycles. The molecule has 0 bridgehead atoms. The SMILES string of the molecule is CCN1C(=O)C(C)NC1c1ccc(C)c([N+](=O)[O-])c1. The van der Waals surface area contributed by atoms with Gasteiger partial charge in [-0.2, -0.15) is 0 Å². The Morgan fingerprint density at radius 2 is 2.16 bits per heavy atom. The Balaban J connectivity index is 2.39. The summed E-state index contributed by atoms with van der Waals surface area (Å²) in [7, 11) is 0. The van der Waals surface area contributed by atoms with E-state index in [0.29, 0.717) is 12.1 Å². The van der Waals surface area contributed by atoms with E-state index in [1.807, 2.05) is 13.0 Å². The predicted octanol–water partition coefficient (Wildman–Crippen LogP) is 1.74. The normalized spacial score (nSPS) is 22.9. The summed E-state index contributed by atoms with van der Waals surface area (Å²) in [5.74, 6) is 0.0238. The van der Waals surface area contributed by atoms with Crippen LogP contribution in [0.1, 0.15) is 31.1 Å². The molecule has 1 aliphatic rings. The maximum absolute atomic E-state index is 11.9. The Morgan fingerprint density at radius 3 is 2.74 bits per heavy atom. The van der Waals surface area contributed by atoms with Gasteiger partial charge in [0.25, 0.3) is 5.69 Å². The van der Waals surface area contributed by atoms with Crippen molar-refractivity contribution in [2.24, 2.45) is 0 Å². The van der Waals surface area contributed by atoms with E-state index in [0.717, 1.165) is 5.56 Å². The summed E-state index contributed by atoms with van der Waals surface area (Å²) in [6.07, 6.45) is -0.285. The third kappa shape index (κ3) is 2.31. The Hall–Kier alpha value is -1.95. The number of carbonyl (C=O) groups is 1. The van der Waals surface area contributed by atoms with Crippen molar-refractivity contribution in [3.05, 3.63) is 39.4 Å². The van der Waals surface area contributed by atoms with Crippen LogP contribution in [0, 0.1) is 17.0 Å². The largest absolute Gasteiger partial charge is 0.322 e. The van der Waals surface area contributed by atoms with Crippen molar-refractivity contribution in [2.45, 2.75) is 33.0 Å². The zero-order chi connectivity index (χ0) is 14.2. The lowest BCUT2D eigenvalue weighted by Crippen LogP contribution is -2.30. The average Bonchev–Trinajstić information content (AvgIpc) is 2.65. The van der Waals surface area contributed by atoms with Crippen LogP contribution < -0.4 is 5.32 Å². The summed E-state index contributed by atoms with van der Waals surface area (Å²) in [5.41, 5.74) is 1.45. The third-order valence-electron chi connectivity index (χ3n) is 3.46. The molecule has 0 aliphatic carbocycles. The summed E-state index contributed by atoms with van der Waals surface area (Å²) in [4.78, 5) is 24.2. The highest BCUT2D eigenvalue weighted by atomic mass is 16.6. The molecule has 1 aromatic rings. The van der Waals surface area contributed by atoms with Crippen LogP contribution in [0.15, 0.2) is 18.2 Å². The highest BCUT2D eigenvalue weighted by Gasteiger charge is 2.36. The molecule has 1 N–H and O–H groups in total. The predicted molar refractivity (Wildman–Crippen MR) is 70.6 cm³/mol. The van der Waals surface area contributed by atoms with Crippen LogP contribution in [0.5, 0.6) is 0 Å². The van der Waals surface area contributed by atoms with Gasteiger partial charge < -0.3 is 4.90 Å². The van der Waals surface area contributed by atoms with E-state index in [9.17, 15) is 14.9 Å². The van der Waals surface area contributed by atoms with Gasteiger partial charge in [0.2, 0.25) is 5.91 Å². The number of hydrogen-bond donors (Lipinski definition) is 1. The van der Waals surface area contributed by atoms with E-state index in [4.69, 9.17) is 0 Å². The van der Waals surface area contributed by atoms with E-state index in [1.165, 1.54) is 0 Å². The van der Waals surface area contributed by atoms with Gasteiger partial charge in [-0.05, 0) is 26.3 Å². The number of nitrogens with zero attached hydrogens (tertiary/aromatic N) is 2. The first-order valence-corrected chi connectivity index (χ1v) is 6.27. The molecule has 1 fully saturated rings. The summed E-state index contributed by atoms with van der Waals surface area (Å²) in [6.45, 7) is 5.97. The van der Waals surface area contributed by atoms with Crippen LogP contribution >= 0.6 is 0 Å². The fourth-order valence-electron chi connectivity index (χ4n) is 2.38. The van der Waals surface area contributed by atoms with Crippen molar-refractivity contribution in [2.75, 3.05) is 6.54 Å². The highest BCUT2D eigenvalue weighted by Crippen LogP contribution is 2.29. The Morgan fingerprint density at radius 1 is 1.47 bits per heavy atom. The lowest BCUT2D eigenvalue weighted by molar-refractivity contribution is -0.385. The van der Waals surface area contributed by atoms with Gasteiger partial charge in [-0.3, -0.25) is 20.2 Å². The molecular weight excluding hydrogens is 246 g/mol. The maximum atomic E-state index is 11.9. The molecule has 1 amide bonds. The molecule has 2 rings (SSSR count). The molecule has 1 heterocycles. The summed E-state index contributed by atoms with van der Waals surface area (Å²) in [6, 6.07) is 4.83. The Labute approximate surface area is 111 Å². The molecule has 2 unspecified atom stereocenters. The van der Waals surface area contributed by atoms with E-state index < -0.39 is 4.92 Å². The lowest BCUT2D eigenvalue weighted by Gasteiger charge is -2.23. The van der Waals surface area contributed by atoms with Crippen LogP contribution in [0.4, 0.5) is 5.69 Å². The minimum atomic E-state index is -0.394. The van der Waals surface area contributed by atoms with E-state index >= 15 is 0 Å². The van der Waals surface area contributed by atoms with Crippen molar-refractivity contribution < 1.29 is 9.72 Å². The van der Waals surface area contributed by atoms with Crippen LogP contribution in [-0.2, 0) is 4.79 Å². The molecule has 6 heteroatoms. The number of aryl methyl sites for hydroxylation is 1. The zero-order valence-electron chi connectivity index (χ0n) is 11.2. The van der Waals surface area contributed by atoms with Crippen LogP contribution in [0.2, 0.25) is 0 Å². The third-order valence-corrected chi connectivity index (χ3v) is 3.46. The molecule has 1 saturated heterocycles. The summed E-state index contributed by atoms with van der Waals surface area (Å²) >= 11 is 0. The van der Waals surface area contributed by atoms with Gasteiger partial charge in [0.05, 0.1) is 11.0 Å². The minimum absolute atomic E-state index is 0.0238. The first-order chi connectivity index (χ1) is 8.95. The molecule has 6 nitrogen and oxygen atoms in total. The molecule has 1 aliphatic heterocycles. The first-order valence-electron chi connectivity index (χ1n) is 6.27. The molecule has 0 spiro atoms. The Kier molecular flexibility index (Phi) is 3.53. The van der Waals surface area contributed by atoms with Gasteiger partial charge in [0, 0.05) is 18.2 Å². The Bertz CT molecular complexity index is 530. The zero-order valence-corrected chi connectivity index (χ0v) is 11.2. The number of rotatable bonds is 3. The number of benzene rings is 1. The van der Waals surface area contributed by atoms with Gasteiger partial charge in [0.15, 0.2) is 0 Å². The van der Waals surface area contributed by atoms with Crippen molar-refractivity contribution in [1.82, 2.24) is 10.2 Å². The molecule has 0 saturated carbocycles. The van der Waals surface area contributed by atoms with Gasteiger partial charge in [-0.1, -0.05) is 12.1 Å². The molecule has 19 heavy (non-hydrogen) atoms. The number of hydrogen-bond acceptors (Lipinski definition) is 4. The second-order valence-electron chi connectivity index (χ2n) is 4.72. The fraction of sp³-hybridized carbons (Fsp3) is 0.462. The number of nitro groups is 1. The first kappa shape index (κ1) is 13.5. The topological polar surface area (TPSA) is 75.5 Å². The van der Waals surface area contributed by atoms with E-state index in [2.05, 4.69) is 5.32 Å². The highest BCUT2D eigenvalue weighted by molar-refractivity contribution is 5.84. The van der Waals surface area contributed by atoms with Crippen LogP contribution in [-0.4, -0.2) is 28.3 Å². The number of nitrogens with one attached hydrogen (secondary N) is 1. The van der Waals surface area contributed by atoms with Crippen molar-refractivity contribution in [1.29, 1.82) is 0 Å². The lowest BCUT2D eigenvalue weighted by atomic mass is 10.1. The van der Waals surface area contributed by atoms with E-state index in [1.54, 1.807) is 30.9 Å². The number of amides is 1. The van der Waals surface area contributed by atoms with Gasteiger partial charge in [-0.25, -0.2) is 0 Å². The monoisotopic (exact) mass is 263 g/mol. The molecule has 102 valence electrons. The minimum Gasteiger partial charge on any atom is -0.322 e. The molecular formula is C13H17N3O3. The van der Waals surface area contributed by atoms with Crippen LogP contribution in [0.25, 0.3) is 0 Å². The standard InChI is InChI=1S/C13H17N3O3/c1-4-15-12(14-9(3)13(15)17)10-6-5-8(2)11(7-10)16(18)19/h5-7,9,12,14H,4H2,1-3H3. The maximum Gasteiger partial charge on any atom is 0.272 e. The van der Waals surface area contributed by atoms with Crippen molar-refractivity contribution >= 4 is 11.6 Å². The molecule has 1 aromatic carbocycles. The molecule has 2 atom stereocenters. The number of nitro benzene ring substituents is 1. The van der Waals surface area contributed by atoms with Crippen molar-refractivity contribution in [3.63, 3.8) is 0 Å². The summed E-state index contributed by atoms with van der Waals surface area (Å²) in [5, 5.41) is 14.1. The van der Waals surface area contributed by atoms with Crippen molar-refractivity contribution in [3.8, 4) is 0 Å².